The maximum absolute atomic E-state index is 11.7. The van der Waals surface area contributed by atoms with Crippen molar-refractivity contribution < 1.29 is 183 Å². The van der Waals surface area contributed by atoms with Gasteiger partial charge in [0.05, 0.1) is 114 Å². The van der Waals surface area contributed by atoms with E-state index < -0.39 is 335 Å². The van der Waals surface area contributed by atoms with Gasteiger partial charge in [0, 0.05) is 0 Å². The predicted octanol–water partition coefficient (Wildman–Crippen LogP) is -20.9. The van der Waals surface area contributed by atoms with Crippen molar-refractivity contribution in [1.29, 1.82) is 0 Å². The van der Waals surface area contributed by atoms with Gasteiger partial charge in [-0.15, -0.1) is 0 Å². The molecule has 0 unspecified atom stereocenters. The summed E-state index contributed by atoms with van der Waals surface area (Å²) in [5, 5.41) is 215. The van der Waals surface area contributed by atoms with Crippen molar-refractivity contribution in [2.24, 2.45) is 51.6 Å². The maximum Gasteiger partial charge on any atom is 0.176 e. The molecule has 9 aliphatic rings. The lowest BCUT2D eigenvalue weighted by Gasteiger charge is -2.51. The lowest BCUT2D eigenvalue weighted by molar-refractivity contribution is -0.371. The Morgan fingerprint density at radius 2 is 0.320 bits per heavy atom. The number of aliphatic hydroxyl groups excluding tert-OH is 20. The van der Waals surface area contributed by atoms with Crippen LogP contribution in [0.1, 0.15) is 0 Å². The number of rotatable bonds is 25. The Labute approximate surface area is 568 Å². The third-order valence-electron chi connectivity index (χ3n) is 19.5. The van der Waals surface area contributed by atoms with Crippen LogP contribution in [0.2, 0.25) is 0 Å². The quantitative estimate of drug-likeness (QED) is 0.0404. The van der Waals surface area contributed by atoms with Gasteiger partial charge in [-0.05, 0) is 0 Å². The Morgan fingerprint density at radius 3 is 0.490 bits per heavy atom. The fourth-order valence-corrected chi connectivity index (χ4v) is 13.4. The molecule has 9 heterocycles. The van der Waals surface area contributed by atoms with Crippen molar-refractivity contribution in [3.8, 4) is 0 Å². The maximum atomic E-state index is 11.7. The molecule has 0 saturated carbocycles. The van der Waals surface area contributed by atoms with E-state index in [2.05, 4.69) is 0 Å². The Hall–Kier alpha value is -1.84. The predicted molar refractivity (Wildman–Crippen MR) is 315 cm³/mol. The Kier molecular flexibility index (Phi) is 29.2. The first-order chi connectivity index (χ1) is 47.5. The molecule has 0 aromatic heterocycles. The molecule has 0 amide bonds. The third-order valence-corrected chi connectivity index (χ3v) is 19.5. The second-order valence-electron chi connectivity index (χ2n) is 26.0. The zero-order chi connectivity index (χ0) is 73.4. The average molecular weight is 1470 g/mol. The molecule has 0 radical (unpaired) electrons. The van der Waals surface area contributed by atoms with Crippen LogP contribution in [-0.4, -0.2) is 437 Å². The fourth-order valence-electron chi connectivity index (χ4n) is 13.4. The number of hydrogen-bond donors (Lipinski definition) is 29. The molecule has 9 fully saturated rings. The summed E-state index contributed by atoms with van der Waals surface area (Å²) in [5.74, 6) is 0. The summed E-state index contributed by atoms with van der Waals surface area (Å²) in [7, 11) is 0. The summed E-state index contributed by atoms with van der Waals surface area (Å²) in [4.78, 5) is 0. The summed E-state index contributed by atoms with van der Waals surface area (Å²) in [5.41, 5.74) is 56.4. The van der Waals surface area contributed by atoms with Gasteiger partial charge in [-0.25, -0.2) is 0 Å². The van der Waals surface area contributed by atoms with E-state index in [0.717, 1.165) is 0 Å². The summed E-state index contributed by atoms with van der Waals surface area (Å²) in [6.07, 6.45) is -59.6. The van der Waals surface area contributed by atoms with Gasteiger partial charge in [0.25, 0.3) is 0 Å². The largest absolute Gasteiger partial charge is 0.394 e. The number of ether oxygens (including phenoxy) is 17. The Balaban J connectivity index is 0.771. The van der Waals surface area contributed by atoms with Crippen LogP contribution in [0.3, 0.4) is 0 Å². The highest BCUT2D eigenvalue weighted by atomic mass is 16.8. The van der Waals surface area contributed by atoms with Crippen LogP contribution in [0, 0.1) is 0 Å². The zero-order valence-corrected chi connectivity index (χ0v) is 53.4. The van der Waals surface area contributed by atoms with E-state index in [1.807, 2.05) is 0 Å². The van der Waals surface area contributed by atoms with Crippen LogP contribution in [0.4, 0.5) is 0 Å². The highest BCUT2D eigenvalue weighted by Gasteiger charge is 2.59. The molecule has 9 rings (SSSR count). The third kappa shape index (κ3) is 16.7. The lowest BCUT2D eigenvalue weighted by atomic mass is 9.93. The molecule has 0 spiro atoms. The number of aliphatic hydroxyl groups is 20. The first-order valence-corrected chi connectivity index (χ1v) is 32.4. The average Bonchev–Trinajstić information content (AvgIpc) is 0.779. The minimum absolute atomic E-state index is 0.757. The van der Waals surface area contributed by atoms with Gasteiger partial charge >= 0.3 is 0 Å². The molecule has 584 valence electrons. The first-order valence-electron chi connectivity index (χ1n) is 32.4. The van der Waals surface area contributed by atoms with E-state index in [-0.39, 0.29) is 0 Å². The lowest BCUT2D eigenvalue weighted by Crippen LogP contribution is -2.71. The van der Waals surface area contributed by atoms with E-state index in [9.17, 15) is 102 Å². The summed E-state index contributed by atoms with van der Waals surface area (Å²) in [6.45, 7) is -7.95. The molecule has 0 aromatic rings. The molecule has 0 aliphatic carbocycles. The van der Waals surface area contributed by atoms with Crippen LogP contribution in [0.25, 0.3) is 0 Å². The molecule has 46 nitrogen and oxygen atoms in total. The van der Waals surface area contributed by atoms with Crippen molar-refractivity contribution in [2.75, 3.05) is 59.5 Å². The van der Waals surface area contributed by atoms with Gasteiger partial charge in [-0.2, -0.15) is 0 Å². The molecule has 46 heteroatoms. The first kappa shape index (κ1) is 82.2. The molecular weight excluding hydrogens is 1370 g/mol. The van der Waals surface area contributed by atoms with Crippen LogP contribution < -0.4 is 51.6 Å². The van der Waals surface area contributed by atoms with E-state index in [4.69, 9.17) is 132 Å². The van der Waals surface area contributed by atoms with Crippen molar-refractivity contribution in [3.05, 3.63) is 0 Å². The summed E-state index contributed by atoms with van der Waals surface area (Å²) >= 11 is 0. The van der Waals surface area contributed by atoms with Gasteiger partial charge in [0.2, 0.25) is 0 Å². The van der Waals surface area contributed by atoms with Crippen molar-refractivity contribution in [1.82, 2.24) is 0 Å². The van der Waals surface area contributed by atoms with E-state index in [1.54, 1.807) is 0 Å². The van der Waals surface area contributed by atoms with Gasteiger partial charge in [0.1, 0.15) is 165 Å². The minimum atomic E-state index is -1.90. The molecule has 0 bridgehead atoms. The highest BCUT2D eigenvalue weighted by Crippen LogP contribution is 2.38. The van der Waals surface area contributed by atoms with E-state index in [0.29, 0.717) is 0 Å². The second kappa shape index (κ2) is 35.5. The summed E-state index contributed by atoms with van der Waals surface area (Å²) in [6, 6.07) is -14.1. The molecule has 0 aromatic carbocycles. The SMILES string of the molecule is N[C@@H]1[C@@H](O)[C@H](O[C@@H]2O[C@H](CO)[C@@H](O[C@@H]3O[C@H](CO)[C@@H](O[C@@H]4O[C@H](CO)[C@@H](O[C@@H]5O[C@H](CO)[C@@H](O[C@@H]6O[C@H](CO)[C@@H](O[C@@H]7O[C@H](CO)[C@@H](O[C@@H]8O[C@H](CO)[C@@H](O[C@@H]9O[C@H](CO)[C@@H](O)[C@H](O)[C@H]9N)[C@H](O)[C@H]8N)[C@H](O)[C@H]7N)[C@H](O)[C@H]6N)[C@H](O)[C@H]5N)[C@H](O)[C@H]4N)[C@H](O)[C@H]3N)[C@H](O)[C@H]2N)[C@@H](CO)O[C@H]1O. The van der Waals surface area contributed by atoms with Gasteiger partial charge in [-0.1, -0.05) is 0 Å². The molecule has 100 heavy (non-hydrogen) atoms. The molecule has 45 atom stereocenters. The topological polar surface area (TPSA) is 796 Å². The van der Waals surface area contributed by atoms with Gasteiger partial charge < -0.3 is 234 Å². The summed E-state index contributed by atoms with van der Waals surface area (Å²) < 4.78 is 99.2. The Morgan fingerprint density at radius 1 is 0.180 bits per heavy atom. The van der Waals surface area contributed by atoms with Crippen LogP contribution in [0.5, 0.6) is 0 Å². The monoisotopic (exact) mass is 1470 g/mol. The smallest absolute Gasteiger partial charge is 0.176 e. The minimum Gasteiger partial charge on any atom is -0.394 e. The van der Waals surface area contributed by atoms with Gasteiger partial charge in [-0.3, -0.25) is 0 Å². The molecule has 9 saturated heterocycles. The standard InChI is InChI=1S/C54H101N9O37/c55-19-30(75)38(11(2-65)84-46(19)83)93-48-21(57)32(77)40(13(4-67)86-48)95-50-23(59)34(79)42(15(6-69)88-50)97-52-25(61)36(81)44(17(8-71)90-52)99-54-27(63)37(82)45(18(9-72)92-54)100-53-26(62)35(80)43(16(7-70)91-53)98-51-24(60)33(78)41(14(5-68)89-51)96-49-22(58)31(76)39(12(3-66)87-49)94-47-20(56)29(74)28(73)10(1-64)85-47/h10-54,64-83H,1-9,55-63H2/t10-,11-,12-,13-,14-,15-,16-,17-,18-,19-,20-,21-,22-,23-,24-,25-,26-,27-,28-,29-,30-,31-,32-,33-,34-,35-,36-,37-,38-,39-,40-,41-,42-,43-,44-,45-,46-,47+,48+,49+,50+,51+,52+,53+,54+/m1/s1. The zero-order valence-electron chi connectivity index (χ0n) is 53.4. The van der Waals surface area contributed by atoms with Crippen molar-refractivity contribution in [2.45, 2.75) is 276 Å². The molecule has 38 N–H and O–H groups in total. The van der Waals surface area contributed by atoms with Gasteiger partial charge in [0.15, 0.2) is 56.6 Å². The fraction of sp³-hybridized carbons (Fsp3) is 1.00. The van der Waals surface area contributed by atoms with E-state index >= 15 is 0 Å². The second-order valence-corrected chi connectivity index (χ2v) is 26.0. The van der Waals surface area contributed by atoms with E-state index in [1.165, 1.54) is 0 Å². The number of nitrogens with two attached hydrogens (primary N) is 9. The molecule has 9 aliphatic heterocycles. The molecular formula is C54H101N9O37. The normalized spacial score (nSPS) is 53.7. The highest BCUT2D eigenvalue weighted by molar-refractivity contribution is 5.05. The van der Waals surface area contributed by atoms with Crippen molar-refractivity contribution in [3.63, 3.8) is 0 Å². The van der Waals surface area contributed by atoms with Crippen molar-refractivity contribution >= 4 is 0 Å². The van der Waals surface area contributed by atoms with Crippen LogP contribution in [0.15, 0.2) is 0 Å². The van der Waals surface area contributed by atoms with Crippen LogP contribution in [-0.2, 0) is 80.5 Å². The van der Waals surface area contributed by atoms with Crippen LogP contribution >= 0.6 is 0 Å². The Bertz CT molecular complexity index is 2470. The number of hydrogen-bond acceptors (Lipinski definition) is 46.